The van der Waals surface area contributed by atoms with Crippen molar-refractivity contribution in [2.24, 2.45) is 0 Å². The molecule has 0 amide bonds. The van der Waals surface area contributed by atoms with Crippen molar-refractivity contribution in [2.45, 2.75) is 52.4 Å². The minimum Gasteiger partial charge on any atom is -0.0843 e. The molecule has 0 nitrogen and oxygen atoms in total. The molecule has 0 saturated heterocycles. The predicted octanol–water partition coefficient (Wildman–Crippen LogP) is 4.79. The molecule has 1 rings (SSSR count). The lowest BCUT2D eigenvalue weighted by Gasteiger charge is -2.01. The highest BCUT2D eigenvalue weighted by Crippen LogP contribution is 2.11. The van der Waals surface area contributed by atoms with E-state index >= 15 is 0 Å². The average Bonchev–Trinajstić information content (AvgIpc) is 2.13. The van der Waals surface area contributed by atoms with Gasteiger partial charge in [0.2, 0.25) is 0 Å². The van der Waals surface area contributed by atoms with Crippen LogP contribution in [0.2, 0.25) is 0 Å². The lowest BCUT2D eigenvalue weighted by atomic mass is 10.1. The Balaban J connectivity index is 2.61. The monoisotopic (exact) mass is 190 g/mol. The highest BCUT2D eigenvalue weighted by atomic mass is 14.0. The first-order valence-corrected chi connectivity index (χ1v) is 5.80. The summed E-state index contributed by atoms with van der Waals surface area (Å²) in [5, 5.41) is 0. The second-order valence-corrected chi connectivity index (χ2v) is 4.23. The van der Waals surface area contributed by atoms with Gasteiger partial charge < -0.3 is 0 Å². The van der Waals surface area contributed by atoms with Crippen molar-refractivity contribution >= 4 is 0 Å². The van der Waals surface area contributed by atoms with Crippen LogP contribution in [0.5, 0.6) is 0 Å². The quantitative estimate of drug-likeness (QED) is 0.515. The smallest absolute Gasteiger partial charge is 0.0345 e. The molecule has 0 spiro atoms. The molecule has 0 heterocycles. The number of rotatable bonds is 0. The van der Waals surface area contributed by atoms with Crippen molar-refractivity contribution in [3.8, 4) is 0 Å². The van der Waals surface area contributed by atoms with E-state index in [0.29, 0.717) is 0 Å². The van der Waals surface area contributed by atoms with Crippen LogP contribution in [0.3, 0.4) is 0 Å². The van der Waals surface area contributed by atoms with Crippen molar-refractivity contribution in [1.82, 2.24) is 0 Å². The summed E-state index contributed by atoms with van der Waals surface area (Å²) in [6, 6.07) is 0. The van der Waals surface area contributed by atoms with E-state index in [0.717, 1.165) is 0 Å². The van der Waals surface area contributed by atoms with Crippen LogP contribution in [0.15, 0.2) is 35.5 Å². The van der Waals surface area contributed by atoms with Crippen LogP contribution in [-0.4, -0.2) is 0 Å². The molecule has 0 aromatic heterocycles. The fourth-order valence-corrected chi connectivity index (χ4v) is 1.83. The Labute approximate surface area is 88.4 Å². The maximum absolute atomic E-state index is 2.36. The van der Waals surface area contributed by atoms with Gasteiger partial charge in [-0.3, -0.25) is 0 Å². The fraction of sp³-hybridized carbons (Fsp3) is 0.571. The number of allylic oxidation sites excluding steroid dienone is 6. The molecule has 0 unspecified atom stereocenters. The van der Waals surface area contributed by atoms with Crippen molar-refractivity contribution in [3.05, 3.63) is 35.5 Å². The maximum atomic E-state index is 2.36. The van der Waals surface area contributed by atoms with Gasteiger partial charge in [-0.2, -0.15) is 0 Å². The Morgan fingerprint density at radius 3 is 2.36 bits per heavy atom. The van der Waals surface area contributed by atoms with E-state index in [2.05, 4.69) is 38.2 Å². The second-order valence-electron chi connectivity index (χ2n) is 4.23. The van der Waals surface area contributed by atoms with E-state index in [1.54, 1.807) is 0 Å². The Morgan fingerprint density at radius 2 is 1.57 bits per heavy atom. The van der Waals surface area contributed by atoms with Crippen molar-refractivity contribution < 1.29 is 0 Å². The van der Waals surface area contributed by atoms with Crippen LogP contribution < -0.4 is 0 Å². The molecule has 0 heteroatoms. The van der Waals surface area contributed by atoms with Gasteiger partial charge in [-0.1, -0.05) is 48.3 Å². The molecule has 0 atom stereocenters. The molecular weight excluding hydrogens is 168 g/mol. The van der Waals surface area contributed by atoms with Crippen LogP contribution in [0.25, 0.3) is 0 Å². The molecule has 0 N–H and O–H groups in total. The molecule has 0 radical (unpaired) electrons. The summed E-state index contributed by atoms with van der Waals surface area (Å²) < 4.78 is 0. The first kappa shape index (κ1) is 11.3. The zero-order valence-electron chi connectivity index (χ0n) is 9.55. The van der Waals surface area contributed by atoms with Gasteiger partial charge in [0, 0.05) is 0 Å². The lowest BCUT2D eigenvalue weighted by Crippen LogP contribution is -1.81. The van der Waals surface area contributed by atoms with E-state index in [1.807, 2.05) is 0 Å². The minimum atomic E-state index is 1.24. The van der Waals surface area contributed by atoms with Gasteiger partial charge in [0.25, 0.3) is 0 Å². The Morgan fingerprint density at radius 1 is 0.857 bits per heavy atom. The third-order valence-electron chi connectivity index (χ3n) is 2.63. The largest absolute Gasteiger partial charge is 0.0843 e. The summed E-state index contributed by atoms with van der Waals surface area (Å²) in [6.07, 6.45) is 17.2. The highest BCUT2D eigenvalue weighted by molar-refractivity contribution is 5.27. The molecule has 0 bridgehead atoms. The van der Waals surface area contributed by atoms with Gasteiger partial charge in [0.15, 0.2) is 0 Å². The summed E-state index contributed by atoms with van der Waals surface area (Å²) in [4.78, 5) is 0. The summed E-state index contributed by atoms with van der Waals surface area (Å²) in [7, 11) is 0. The maximum Gasteiger partial charge on any atom is -0.0345 e. The molecule has 1 aliphatic carbocycles. The van der Waals surface area contributed by atoms with Gasteiger partial charge in [0.05, 0.1) is 0 Å². The fourth-order valence-electron chi connectivity index (χ4n) is 1.83. The number of hydrogen-bond acceptors (Lipinski definition) is 0. The Hall–Kier alpha value is -0.780. The molecule has 0 aliphatic heterocycles. The Kier molecular flexibility index (Phi) is 5.36. The van der Waals surface area contributed by atoms with Gasteiger partial charge in [-0.25, -0.2) is 0 Å². The second kappa shape index (κ2) is 6.64. The van der Waals surface area contributed by atoms with Crippen LogP contribution in [-0.2, 0) is 0 Å². The normalized spacial score (nSPS) is 20.4. The number of hydrogen-bond donors (Lipinski definition) is 0. The first-order chi connectivity index (χ1) is 6.79. The standard InChI is InChI=1S/C14H22/c1-13-10-8-6-4-3-5-7-9-11-14(2)12-13/h8,10-12H,3-7,9H2,1-2H3. The lowest BCUT2D eigenvalue weighted by molar-refractivity contribution is 0.651. The molecule has 14 heavy (non-hydrogen) atoms. The Bertz CT molecular complexity index is 241. The van der Waals surface area contributed by atoms with Crippen LogP contribution in [0.4, 0.5) is 0 Å². The molecule has 78 valence electrons. The van der Waals surface area contributed by atoms with Crippen molar-refractivity contribution in [3.63, 3.8) is 0 Å². The van der Waals surface area contributed by atoms with Crippen molar-refractivity contribution in [2.75, 3.05) is 0 Å². The van der Waals surface area contributed by atoms with E-state index in [1.165, 1.54) is 49.7 Å². The van der Waals surface area contributed by atoms with Gasteiger partial charge in [-0.05, 0) is 39.5 Å². The minimum absolute atomic E-state index is 1.24. The third-order valence-corrected chi connectivity index (χ3v) is 2.63. The average molecular weight is 190 g/mol. The summed E-state index contributed by atoms with van der Waals surface area (Å²) in [6.45, 7) is 4.38. The summed E-state index contributed by atoms with van der Waals surface area (Å²) >= 11 is 0. The molecule has 1 aliphatic rings. The molecule has 0 fully saturated rings. The highest BCUT2D eigenvalue weighted by Gasteiger charge is 1.91. The van der Waals surface area contributed by atoms with Crippen LogP contribution >= 0.6 is 0 Å². The van der Waals surface area contributed by atoms with Crippen LogP contribution in [0, 0.1) is 0 Å². The summed E-state index contributed by atoms with van der Waals surface area (Å²) in [5.41, 5.74) is 2.78. The summed E-state index contributed by atoms with van der Waals surface area (Å²) in [5.74, 6) is 0. The SMILES string of the molecule is CC1=CCCCCCCC=CC(C)=C1. The molecular formula is C14H22. The van der Waals surface area contributed by atoms with E-state index in [4.69, 9.17) is 0 Å². The van der Waals surface area contributed by atoms with Gasteiger partial charge >= 0.3 is 0 Å². The van der Waals surface area contributed by atoms with Gasteiger partial charge in [-0.15, -0.1) is 0 Å². The van der Waals surface area contributed by atoms with Gasteiger partial charge in [0.1, 0.15) is 0 Å². The third kappa shape index (κ3) is 5.06. The predicted molar refractivity (Wildman–Crippen MR) is 64.4 cm³/mol. The molecule has 0 aromatic carbocycles. The van der Waals surface area contributed by atoms with E-state index in [9.17, 15) is 0 Å². The van der Waals surface area contributed by atoms with Crippen molar-refractivity contribution in [1.29, 1.82) is 0 Å². The topological polar surface area (TPSA) is 0 Å². The zero-order valence-corrected chi connectivity index (χ0v) is 9.55. The van der Waals surface area contributed by atoms with E-state index < -0.39 is 0 Å². The van der Waals surface area contributed by atoms with Crippen LogP contribution in [0.1, 0.15) is 52.4 Å². The first-order valence-electron chi connectivity index (χ1n) is 5.80. The molecule has 0 saturated carbocycles. The molecule has 0 aromatic rings. The zero-order chi connectivity index (χ0) is 10.2. The van der Waals surface area contributed by atoms with E-state index in [-0.39, 0.29) is 0 Å².